The Hall–Kier alpha value is -1.33. The van der Waals surface area contributed by atoms with Crippen LogP contribution < -0.4 is 0 Å². The van der Waals surface area contributed by atoms with Gasteiger partial charge in [0.05, 0.1) is 0 Å². The molecule has 0 unspecified atom stereocenters. The minimum absolute atomic E-state index is 0.352. The standard InChI is InChI=1S/C11H11ClO4S/c1-9(13)16-17(14,15)8-2-3-10-4-6-11(12)7-5-10/h2-7H,8H2,1H3. The summed E-state index contributed by atoms with van der Waals surface area (Å²) in [5, 5.41) is 0.606. The minimum atomic E-state index is -3.82. The van der Waals surface area contributed by atoms with Crippen molar-refractivity contribution in [3.05, 3.63) is 40.9 Å². The Balaban J connectivity index is 2.61. The Bertz CT molecular complexity index is 517. The van der Waals surface area contributed by atoms with Gasteiger partial charge in [-0.05, 0) is 17.7 Å². The van der Waals surface area contributed by atoms with E-state index >= 15 is 0 Å². The summed E-state index contributed by atoms with van der Waals surface area (Å²) >= 11 is 5.70. The second kappa shape index (κ2) is 5.84. The molecule has 0 radical (unpaired) electrons. The molecule has 0 N–H and O–H groups in total. The zero-order valence-electron chi connectivity index (χ0n) is 9.09. The van der Waals surface area contributed by atoms with Crippen LogP contribution in [0.2, 0.25) is 5.02 Å². The topological polar surface area (TPSA) is 60.4 Å². The number of carbonyl (C=O) groups excluding carboxylic acids is 1. The smallest absolute Gasteiger partial charge is 0.319 e. The maximum Gasteiger partial charge on any atom is 0.319 e. The Morgan fingerprint density at radius 1 is 1.35 bits per heavy atom. The molecule has 0 aliphatic carbocycles. The molecule has 1 rings (SSSR count). The molecule has 0 aromatic heterocycles. The molecule has 0 aliphatic heterocycles. The molecular formula is C11H11ClO4S. The monoisotopic (exact) mass is 274 g/mol. The summed E-state index contributed by atoms with van der Waals surface area (Å²) in [6.07, 6.45) is 3.01. The molecule has 6 heteroatoms. The van der Waals surface area contributed by atoms with Crippen molar-refractivity contribution in [3.8, 4) is 0 Å². The van der Waals surface area contributed by atoms with Gasteiger partial charge in [-0.3, -0.25) is 4.79 Å². The fourth-order valence-electron chi connectivity index (χ4n) is 1.09. The highest BCUT2D eigenvalue weighted by atomic mass is 35.5. The zero-order chi connectivity index (χ0) is 12.9. The van der Waals surface area contributed by atoms with Crippen LogP contribution in [0.25, 0.3) is 6.08 Å². The van der Waals surface area contributed by atoms with E-state index in [0.29, 0.717) is 5.02 Å². The highest BCUT2D eigenvalue weighted by Gasteiger charge is 2.11. The van der Waals surface area contributed by atoms with Gasteiger partial charge in [-0.1, -0.05) is 35.9 Å². The summed E-state index contributed by atoms with van der Waals surface area (Å²) in [6, 6.07) is 6.89. The maximum atomic E-state index is 11.2. The largest absolute Gasteiger partial charge is 0.346 e. The van der Waals surface area contributed by atoms with Crippen molar-refractivity contribution in [1.82, 2.24) is 0 Å². The first-order valence-corrected chi connectivity index (χ1v) is 6.69. The predicted molar refractivity (Wildman–Crippen MR) is 66.0 cm³/mol. The van der Waals surface area contributed by atoms with Crippen molar-refractivity contribution in [2.75, 3.05) is 5.75 Å². The molecule has 0 spiro atoms. The summed E-state index contributed by atoms with van der Waals surface area (Å²) in [7, 11) is -3.82. The number of rotatable bonds is 4. The van der Waals surface area contributed by atoms with Crippen molar-refractivity contribution < 1.29 is 17.4 Å². The molecule has 0 heterocycles. The molecule has 17 heavy (non-hydrogen) atoms. The van der Waals surface area contributed by atoms with Crippen LogP contribution in [0.1, 0.15) is 12.5 Å². The van der Waals surface area contributed by atoms with Crippen LogP contribution >= 0.6 is 11.6 Å². The van der Waals surface area contributed by atoms with Crippen LogP contribution in [0.3, 0.4) is 0 Å². The lowest BCUT2D eigenvalue weighted by atomic mass is 10.2. The van der Waals surface area contributed by atoms with E-state index in [0.717, 1.165) is 12.5 Å². The van der Waals surface area contributed by atoms with Gasteiger partial charge in [0, 0.05) is 11.9 Å². The van der Waals surface area contributed by atoms with Gasteiger partial charge < -0.3 is 4.18 Å². The Morgan fingerprint density at radius 2 is 1.94 bits per heavy atom. The van der Waals surface area contributed by atoms with Crippen molar-refractivity contribution >= 4 is 33.8 Å². The van der Waals surface area contributed by atoms with E-state index in [-0.39, 0.29) is 5.75 Å². The third-order valence-electron chi connectivity index (χ3n) is 1.72. The van der Waals surface area contributed by atoms with Crippen molar-refractivity contribution in [3.63, 3.8) is 0 Å². The summed E-state index contributed by atoms with van der Waals surface area (Å²) in [4.78, 5) is 10.5. The molecule has 0 saturated carbocycles. The lowest BCUT2D eigenvalue weighted by molar-refractivity contribution is -0.131. The second-order valence-electron chi connectivity index (χ2n) is 3.25. The normalized spacial score (nSPS) is 11.6. The lowest BCUT2D eigenvalue weighted by Crippen LogP contribution is -2.12. The number of carbonyl (C=O) groups is 1. The van der Waals surface area contributed by atoms with Crippen molar-refractivity contribution in [2.24, 2.45) is 0 Å². The van der Waals surface area contributed by atoms with E-state index in [1.165, 1.54) is 6.08 Å². The summed E-state index contributed by atoms with van der Waals surface area (Å²) in [5.41, 5.74) is 0.812. The number of benzene rings is 1. The first-order valence-electron chi connectivity index (χ1n) is 4.74. The van der Waals surface area contributed by atoms with E-state index in [2.05, 4.69) is 4.18 Å². The Kier molecular flexibility index (Phi) is 4.72. The van der Waals surface area contributed by atoms with Crippen LogP contribution in [0, 0.1) is 0 Å². The number of halogens is 1. The van der Waals surface area contributed by atoms with Crippen LogP contribution in [0.15, 0.2) is 30.3 Å². The molecule has 0 atom stereocenters. The molecule has 4 nitrogen and oxygen atoms in total. The van der Waals surface area contributed by atoms with Gasteiger partial charge in [0.15, 0.2) is 0 Å². The Morgan fingerprint density at radius 3 is 2.47 bits per heavy atom. The molecule has 0 saturated heterocycles. The van der Waals surface area contributed by atoms with Gasteiger partial charge in [-0.25, -0.2) is 0 Å². The number of hydrogen-bond donors (Lipinski definition) is 0. The van der Waals surface area contributed by atoms with E-state index in [9.17, 15) is 13.2 Å². The van der Waals surface area contributed by atoms with Crippen LogP contribution in [-0.4, -0.2) is 20.1 Å². The molecule has 1 aromatic carbocycles. The highest BCUT2D eigenvalue weighted by Crippen LogP contribution is 2.10. The second-order valence-corrected chi connectivity index (χ2v) is 5.30. The first kappa shape index (κ1) is 13.7. The quantitative estimate of drug-likeness (QED) is 0.790. The molecule has 92 valence electrons. The van der Waals surface area contributed by atoms with Gasteiger partial charge in [0.25, 0.3) is 0 Å². The van der Waals surface area contributed by atoms with E-state index < -0.39 is 16.1 Å². The van der Waals surface area contributed by atoms with Gasteiger partial charge in [-0.2, -0.15) is 8.42 Å². The minimum Gasteiger partial charge on any atom is -0.346 e. The maximum absolute atomic E-state index is 11.2. The summed E-state index contributed by atoms with van der Waals surface area (Å²) in [5.74, 6) is -1.19. The third kappa shape index (κ3) is 5.51. The zero-order valence-corrected chi connectivity index (χ0v) is 10.7. The van der Waals surface area contributed by atoms with Gasteiger partial charge >= 0.3 is 16.1 Å². The Labute approximate surface area is 105 Å². The number of hydrogen-bond acceptors (Lipinski definition) is 4. The highest BCUT2D eigenvalue weighted by molar-refractivity contribution is 7.87. The molecule has 0 aliphatic rings. The van der Waals surface area contributed by atoms with E-state index in [1.807, 2.05) is 0 Å². The van der Waals surface area contributed by atoms with Crippen molar-refractivity contribution in [1.29, 1.82) is 0 Å². The first-order chi connectivity index (χ1) is 7.89. The summed E-state index contributed by atoms with van der Waals surface area (Å²) < 4.78 is 26.5. The van der Waals surface area contributed by atoms with Gasteiger partial charge in [0.1, 0.15) is 5.75 Å². The predicted octanol–water partition coefficient (Wildman–Crippen LogP) is 2.25. The average Bonchev–Trinajstić information content (AvgIpc) is 2.18. The van der Waals surface area contributed by atoms with Gasteiger partial charge in [-0.15, -0.1) is 0 Å². The molecule has 0 fully saturated rings. The van der Waals surface area contributed by atoms with Crippen LogP contribution in [0.5, 0.6) is 0 Å². The molecule has 0 bridgehead atoms. The fourth-order valence-corrected chi connectivity index (χ4v) is 1.97. The van der Waals surface area contributed by atoms with Crippen molar-refractivity contribution in [2.45, 2.75) is 6.92 Å². The van der Waals surface area contributed by atoms with Crippen LogP contribution in [-0.2, 0) is 19.1 Å². The van der Waals surface area contributed by atoms with E-state index in [4.69, 9.17) is 11.6 Å². The summed E-state index contributed by atoms with van der Waals surface area (Å²) in [6.45, 7) is 1.04. The third-order valence-corrected chi connectivity index (χ3v) is 3.07. The van der Waals surface area contributed by atoms with Gasteiger partial charge in [0.2, 0.25) is 0 Å². The van der Waals surface area contributed by atoms with Crippen LogP contribution in [0.4, 0.5) is 0 Å². The SMILES string of the molecule is CC(=O)OS(=O)(=O)CC=Cc1ccc(Cl)cc1. The average molecular weight is 275 g/mol. The lowest BCUT2D eigenvalue weighted by Gasteiger charge is -1.99. The fraction of sp³-hybridized carbons (Fsp3) is 0.182. The van der Waals surface area contributed by atoms with E-state index in [1.54, 1.807) is 30.3 Å². The molecule has 1 aromatic rings. The molecule has 0 amide bonds. The molecular weight excluding hydrogens is 264 g/mol.